The second-order valence-electron chi connectivity index (χ2n) is 8.35. The number of thioether (sulfide) groups is 1. The first kappa shape index (κ1) is 24.5. The summed E-state index contributed by atoms with van der Waals surface area (Å²) in [5, 5.41) is 12.8. The third-order valence-electron chi connectivity index (χ3n) is 5.90. The minimum absolute atomic E-state index is 0.0306. The highest BCUT2D eigenvalue weighted by molar-refractivity contribution is 7.99. The van der Waals surface area contributed by atoms with E-state index in [-0.39, 0.29) is 5.75 Å². The average Bonchev–Trinajstić information content (AvgIpc) is 3.37. The van der Waals surface area contributed by atoms with Gasteiger partial charge < -0.3 is 9.88 Å². The molecule has 0 saturated carbocycles. The van der Waals surface area contributed by atoms with Crippen molar-refractivity contribution in [1.29, 1.82) is 0 Å². The Morgan fingerprint density at radius 1 is 1.09 bits per heavy atom. The number of imide groups is 1. The van der Waals surface area contributed by atoms with Crippen LogP contribution in [0.1, 0.15) is 37.8 Å². The monoisotopic (exact) mass is 492 g/mol. The van der Waals surface area contributed by atoms with Crippen molar-refractivity contribution < 1.29 is 14.4 Å². The van der Waals surface area contributed by atoms with Crippen molar-refractivity contribution in [2.75, 3.05) is 5.75 Å². The zero-order chi connectivity index (χ0) is 25.0. The maximum absolute atomic E-state index is 13.2. The predicted octanol–water partition coefficient (Wildman–Crippen LogP) is 3.64. The number of aryl methyl sites for hydroxylation is 1. The zero-order valence-corrected chi connectivity index (χ0v) is 20.8. The molecule has 1 atom stereocenters. The van der Waals surface area contributed by atoms with Crippen LogP contribution in [0.25, 0.3) is 11.4 Å². The zero-order valence-electron chi connectivity index (χ0n) is 19.9. The van der Waals surface area contributed by atoms with Crippen LogP contribution in [0.3, 0.4) is 0 Å². The van der Waals surface area contributed by atoms with Gasteiger partial charge in [0.1, 0.15) is 5.54 Å². The van der Waals surface area contributed by atoms with Crippen molar-refractivity contribution >= 4 is 29.6 Å². The van der Waals surface area contributed by atoms with Gasteiger partial charge in [-0.3, -0.25) is 15.0 Å². The number of amides is 4. The summed E-state index contributed by atoms with van der Waals surface area (Å²) in [6.45, 7) is 6.60. The van der Waals surface area contributed by atoms with Crippen LogP contribution in [0.4, 0.5) is 4.79 Å². The topological polar surface area (TPSA) is 109 Å². The van der Waals surface area contributed by atoms with Crippen molar-refractivity contribution in [2.24, 2.45) is 0 Å². The normalized spacial score (nSPS) is 17.5. The molecule has 0 spiro atoms. The molecule has 0 radical (unpaired) electrons. The highest BCUT2D eigenvalue weighted by atomic mass is 32.2. The van der Waals surface area contributed by atoms with Gasteiger partial charge >= 0.3 is 6.03 Å². The van der Waals surface area contributed by atoms with E-state index in [4.69, 9.17) is 0 Å². The molecule has 1 aliphatic heterocycles. The van der Waals surface area contributed by atoms with Crippen LogP contribution < -0.4 is 10.7 Å². The molecule has 0 aliphatic carbocycles. The molecule has 0 bridgehead atoms. The first-order valence-electron chi connectivity index (χ1n) is 11.5. The largest absolute Gasteiger partial charge is 0.344 e. The summed E-state index contributed by atoms with van der Waals surface area (Å²) in [5.41, 5.74) is 4.00. The van der Waals surface area contributed by atoms with E-state index >= 15 is 0 Å². The Morgan fingerprint density at radius 3 is 2.54 bits per heavy atom. The second-order valence-corrected chi connectivity index (χ2v) is 9.29. The number of hydrazine groups is 1. The van der Waals surface area contributed by atoms with Crippen LogP contribution in [-0.2, 0) is 21.7 Å². The van der Waals surface area contributed by atoms with Gasteiger partial charge in [0.05, 0.1) is 5.75 Å². The molecule has 182 valence electrons. The van der Waals surface area contributed by atoms with Gasteiger partial charge in [-0.15, -0.1) is 10.2 Å². The fraction of sp³-hybridized carbons (Fsp3) is 0.320. The number of aromatic nitrogens is 3. The number of hydrogen-bond acceptors (Lipinski definition) is 6. The summed E-state index contributed by atoms with van der Waals surface area (Å²) in [7, 11) is 0. The van der Waals surface area contributed by atoms with E-state index in [9.17, 15) is 14.4 Å². The first-order chi connectivity index (χ1) is 16.9. The fourth-order valence-corrected chi connectivity index (χ4v) is 4.90. The lowest BCUT2D eigenvalue weighted by molar-refractivity contribution is -0.138. The third kappa shape index (κ3) is 4.79. The Balaban J connectivity index is 1.46. The molecule has 4 amide bonds. The van der Waals surface area contributed by atoms with Gasteiger partial charge in [0.2, 0.25) is 5.91 Å². The Morgan fingerprint density at radius 2 is 1.86 bits per heavy atom. The Hall–Kier alpha value is -3.66. The molecule has 2 N–H and O–H groups in total. The van der Waals surface area contributed by atoms with Crippen molar-refractivity contribution in [2.45, 2.75) is 50.9 Å². The summed E-state index contributed by atoms with van der Waals surface area (Å²) in [6, 6.07) is 16.4. The van der Waals surface area contributed by atoms with Gasteiger partial charge in [0.25, 0.3) is 5.91 Å². The molecule has 2 heterocycles. The molecule has 3 aromatic rings. The molecule has 1 saturated heterocycles. The third-order valence-corrected chi connectivity index (χ3v) is 6.86. The van der Waals surface area contributed by atoms with Crippen LogP contribution in [0.5, 0.6) is 0 Å². The summed E-state index contributed by atoms with van der Waals surface area (Å²) < 4.78 is 1.98. The van der Waals surface area contributed by atoms with Crippen molar-refractivity contribution in [1.82, 2.24) is 30.5 Å². The van der Waals surface area contributed by atoms with E-state index in [1.807, 2.05) is 60.9 Å². The van der Waals surface area contributed by atoms with Crippen LogP contribution in [0.2, 0.25) is 0 Å². The van der Waals surface area contributed by atoms with Crippen LogP contribution >= 0.6 is 11.8 Å². The van der Waals surface area contributed by atoms with E-state index in [0.717, 1.165) is 28.4 Å². The van der Waals surface area contributed by atoms with Crippen molar-refractivity contribution in [3.05, 3.63) is 65.7 Å². The van der Waals surface area contributed by atoms with Gasteiger partial charge in [-0.1, -0.05) is 79.7 Å². The molecule has 35 heavy (non-hydrogen) atoms. The van der Waals surface area contributed by atoms with E-state index in [2.05, 4.69) is 27.9 Å². The Bertz CT molecular complexity index is 1250. The van der Waals surface area contributed by atoms with E-state index < -0.39 is 23.4 Å². The summed E-state index contributed by atoms with van der Waals surface area (Å²) in [5.74, 6) is -0.285. The van der Waals surface area contributed by atoms with E-state index in [1.54, 1.807) is 12.1 Å². The molecular weight excluding hydrogens is 464 g/mol. The number of nitrogens with zero attached hydrogens (tertiary/aromatic N) is 4. The minimum Gasteiger partial charge on any atom is -0.318 e. The summed E-state index contributed by atoms with van der Waals surface area (Å²) in [4.78, 5) is 38.5. The summed E-state index contributed by atoms with van der Waals surface area (Å²) in [6.07, 6.45) is 1.22. The first-order valence-corrected chi connectivity index (χ1v) is 12.5. The number of carbonyl (C=O) groups excluding carboxylic acids is 3. The minimum atomic E-state index is -1.21. The maximum Gasteiger partial charge on any atom is 0.344 e. The van der Waals surface area contributed by atoms with Crippen molar-refractivity contribution in [3.63, 3.8) is 0 Å². The van der Waals surface area contributed by atoms with Gasteiger partial charge in [-0.2, -0.15) is 5.01 Å². The molecule has 2 aromatic carbocycles. The van der Waals surface area contributed by atoms with Crippen LogP contribution in [-0.4, -0.2) is 43.4 Å². The molecule has 4 rings (SSSR count). The lowest BCUT2D eigenvalue weighted by Crippen LogP contribution is -2.49. The smallest absolute Gasteiger partial charge is 0.318 e. The lowest BCUT2D eigenvalue weighted by atomic mass is 9.87. The average molecular weight is 493 g/mol. The molecule has 10 heteroatoms. The van der Waals surface area contributed by atoms with Crippen molar-refractivity contribution in [3.8, 4) is 11.4 Å². The quantitative estimate of drug-likeness (QED) is 0.349. The number of benzene rings is 2. The number of rotatable bonds is 9. The number of hydrogen-bond donors (Lipinski definition) is 2. The van der Waals surface area contributed by atoms with Gasteiger partial charge in [0.15, 0.2) is 11.0 Å². The van der Waals surface area contributed by atoms with Gasteiger partial charge in [-0.25, -0.2) is 4.79 Å². The summed E-state index contributed by atoms with van der Waals surface area (Å²) >= 11 is 1.21. The number of carbonyl (C=O) groups is 3. The second kappa shape index (κ2) is 10.3. The maximum atomic E-state index is 13.2. The van der Waals surface area contributed by atoms with Crippen LogP contribution in [0, 0.1) is 6.92 Å². The molecule has 9 nitrogen and oxygen atoms in total. The highest BCUT2D eigenvalue weighted by Gasteiger charge is 2.52. The van der Waals surface area contributed by atoms with Gasteiger partial charge in [-0.05, 0) is 31.4 Å². The standard InChI is InChI=1S/C25H28N6O3S/c1-4-14-30-21(18-11-9-10-17(3)15-18)27-28-24(30)35-16-20(32)29-31-22(33)25(5-2,26-23(31)34)19-12-7-6-8-13-19/h6-13,15H,4-5,14,16H2,1-3H3,(H,26,34)(H,29,32). The molecule has 1 unspecified atom stereocenters. The molecule has 1 fully saturated rings. The Labute approximate surface area is 208 Å². The predicted molar refractivity (Wildman–Crippen MR) is 133 cm³/mol. The molecule has 1 aliphatic rings. The number of urea groups is 1. The van der Waals surface area contributed by atoms with Crippen LogP contribution in [0.15, 0.2) is 59.8 Å². The fourth-order valence-electron chi connectivity index (χ4n) is 4.14. The molecular formula is C25H28N6O3S. The van der Waals surface area contributed by atoms with E-state index in [0.29, 0.717) is 23.7 Å². The highest BCUT2D eigenvalue weighted by Crippen LogP contribution is 2.31. The van der Waals surface area contributed by atoms with Gasteiger partial charge in [0, 0.05) is 12.1 Å². The molecule has 1 aromatic heterocycles. The number of nitrogens with one attached hydrogen (secondary N) is 2. The lowest BCUT2D eigenvalue weighted by Gasteiger charge is -2.25. The SMILES string of the molecule is CCCn1c(SCC(=O)NN2C(=O)NC(CC)(c3ccccc3)C2=O)nnc1-c1cccc(C)c1. The Kier molecular flexibility index (Phi) is 7.20. The van der Waals surface area contributed by atoms with E-state index in [1.165, 1.54) is 11.8 Å².